The number of halogens is 3. The summed E-state index contributed by atoms with van der Waals surface area (Å²) >= 11 is 0. The van der Waals surface area contributed by atoms with Gasteiger partial charge in [0.2, 0.25) is 0 Å². The lowest BCUT2D eigenvalue weighted by Gasteiger charge is -2.22. The van der Waals surface area contributed by atoms with E-state index in [0.29, 0.717) is 22.3 Å². The second-order valence-electron chi connectivity index (χ2n) is 8.43. The third-order valence-corrected chi connectivity index (χ3v) is 6.62. The standard InChI is InChI=1S/C27H29F3/c1-15-9-8-10-23(18(15)4)24-12-11-22(20(6)21(24)7)14-25-17(3)13-16(2)19(5)26(25)27(28,29)30/h8-13H,14H2,1-7H3. The zero-order valence-electron chi connectivity index (χ0n) is 18.8. The first-order valence-electron chi connectivity index (χ1n) is 10.3. The third kappa shape index (κ3) is 3.90. The summed E-state index contributed by atoms with van der Waals surface area (Å²) in [5.41, 5.74) is 9.52. The topological polar surface area (TPSA) is 0 Å². The van der Waals surface area contributed by atoms with Gasteiger partial charge < -0.3 is 0 Å². The van der Waals surface area contributed by atoms with Gasteiger partial charge in [-0.2, -0.15) is 13.2 Å². The Bertz CT molecular complexity index is 1120. The highest BCUT2D eigenvalue weighted by Gasteiger charge is 2.36. The Morgan fingerprint density at radius 2 is 1.27 bits per heavy atom. The van der Waals surface area contributed by atoms with Crippen LogP contribution in [0.5, 0.6) is 0 Å². The van der Waals surface area contributed by atoms with Crippen LogP contribution in [-0.2, 0) is 12.6 Å². The lowest BCUT2D eigenvalue weighted by molar-refractivity contribution is -0.138. The Hall–Kier alpha value is -2.55. The number of aryl methyl sites for hydroxylation is 3. The summed E-state index contributed by atoms with van der Waals surface area (Å²) in [7, 11) is 0. The summed E-state index contributed by atoms with van der Waals surface area (Å²) in [4.78, 5) is 0. The van der Waals surface area contributed by atoms with E-state index in [1.54, 1.807) is 20.8 Å². The highest BCUT2D eigenvalue weighted by Crippen LogP contribution is 2.39. The molecule has 0 aliphatic carbocycles. The van der Waals surface area contributed by atoms with E-state index in [0.717, 1.165) is 22.3 Å². The normalized spacial score (nSPS) is 11.8. The molecule has 0 atom stereocenters. The fourth-order valence-electron chi connectivity index (χ4n) is 4.35. The number of hydrogen-bond donors (Lipinski definition) is 0. The van der Waals surface area contributed by atoms with Crippen molar-refractivity contribution >= 4 is 0 Å². The van der Waals surface area contributed by atoms with Crippen molar-refractivity contribution in [2.45, 2.75) is 61.1 Å². The molecule has 0 aliphatic rings. The SMILES string of the molecule is Cc1cccc(-c2ccc(Cc3c(C)cc(C)c(C)c3C(F)(F)F)c(C)c2C)c1C. The molecule has 0 bridgehead atoms. The average molecular weight is 411 g/mol. The molecule has 0 fully saturated rings. The van der Waals surface area contributed by atoms with Crippen LogP contribution in [-0.4, -0.2) is 0 Å². The Morgan fingerprint density at radius 1 is 0.633 bits per heavy atom. The number of benzene rings is 3. The Labute approximate surface area is 177 Å². The highest BCUT2D eigenvalue weighted by molar-refractivity contribution is 5.73. The van der Waals surface area contributed by atoms with Gasteiger partial charge in [0.05, 0.1) is 5.56 Å². The quantitative estimate of drug-likeness (QED) is 0.409. The Balaban J connectivity index is 2.14. The Kier molecular flexibility index (Phi) is 5.86. The maximum atomic E-state index is 13.9. The van der Waals surface area contributed by atoms with Gasteiger partial charge in [0, 0.05) is 0 Å². The van der Waals surface area contributed by atoms with Crippen LogP contribution in [0.1, 0.15) is 55.6 Å². The smallest absolute Gasteiger partial charge is 0.166 e. The van der Waals surface area contributed by atoms with Gasteiger partial charge in [-0.25, -0.2) is 0 Å². The Morgan fingerprint density at radius 3 is 1.90 bits per heavy atom. The third-order valence-electron chi connectivity index (χ3n) is 6.62. The van der Waals surface area contributed by atoms with Crippen molar-refractivity contribution in [1.29, 1.82) is 0 Å². The fraction of sp³-hybridized carbons (Fsp3) is 0.333. The van der Waals surface area contributed by atoms with Crippen LogP contribution < -0.4 is 0 Å². The number of alkyl halides is 3. The van der Waals surface area contributed by atoms with Crippen molar-refractivity contribution in [3.8, 4) is 11.1 Å². The molecule has 3 heteroatoms. The molecule has 0 radical (unpaired) electrons. The summed E-state index contributed by atoms with van der Waals surface area (Å²) < 4.78 is 41.8. The maximum absolute atomic E-state index is 13.9. The first kappa shape index (κ1) is 22.1. The van der Waals surface area contributed by atoms with Crippen LogP contribution in [0.25, 0.3) is 11.1 Å². The van der Waals surface area contributed by atoms with Crippen molar-refractivity contribution in [1.82, 2.24) is 0 Å². The molecule has 0 nitrogen and oxygen atoms in total. The molecule has 0 saturated heterocycles. The summed E-state index contributed by atoms with van der Waals surface area (Å²) in [6.07, 6.45) is -4.08. The molecule has 0 N–H and O–H groups in total. The molecular weight excluding hydrogens is 381 g/mol. The number of hydrogen-bond acceptors (Lipinski definition) is 0. The van der Waals surface area contributed by atoms with Gasteiger partial charge in [-0.1, -0.05) is 36.4 Å². The zero-order chi connectivity index (χ0) is 22.4. The van der Waals surface area contributed by atoms with E-state index in [1.165, 1.54) is 16.7 Å². The van der Waals surface area contributed by atoms with Crippen LogP contribution in [0.15, 0.2) is 36.4 Å². The summed E-state index contributed by atoms with van der Waals surface area (Å²) in [6, 6.07) is 12.2. The molecule has 0 aromatic heterocycles. The van der Waals surface area contributed by atoms with Gasteiger partial charge in [0.1, 0.15) is 0 Å². The monoisotopic (exact) mass is 410 g/mol. The van der Waals surface area contributed by atoms with Crippen molar-refractivity contribution in [3.63, 3.8) is 0 Å². The lowest BCUT2D eigenvalue weighted by Crippen LogP contribution is -2.15. The maximum Gasteiger partial charge on any atom is 0.416 e. The zero-order valence-corrected chi connectivity index (χ0v) is 18.8. The fourth-order valence-corrected chi connectivity index (χ4v) is 4.35. The van der Waals surface area contributed by atoms with E-state index in [1.807, 2.05) is 25.1 Å². The molecule has 158 valence electrons. The number of rotatable bonds is 3. The molecule has 3 aromatic carbocycles. The highest BCUT2D eigenvalue weighted by atomic mass is 19.4. The lowest BCUT2D eigenvalue weighted by atomic mass is 9.85. The molecule has 0 aliphatic heterocycles. The second-order valence-corrected chi connectivity index (χ2v) is 8.43. The first-order valence-corrected chi connectivity index (χ1v) is 10.3. The van der Waals surface area contributed by atoms with E-state index in [-0.39, 0.29) is 6.42 Å². The largest absolute Gasteiger partial charge is 0.416 e. The average Bonchev–Trinajstić information content (AvgIpc) is 2.65. The predicted molar refractivity (Wildman–Crippen MR) is 119 cm³/mol. The van der Waals surface area contributed by atoms with E-state index >= 15 is 0 Å². The molecule has 30 heavy (non-hydrogen) atoms. The summed E-state index contributed by atoms with van der Waals surface area (Å²) in [5, 5.41) is 0. The van der Waals surface area contributed by atoms with Gasteiger partial charge in [-0.15, -0.1) is 0 Å². The molecule has 3 aromatic rings. The summed E-state index contributed by atoms with van der Waals surface area (Å²) in [6.45, 7) is 13.4. The van der Waals surface area contributed by atoms with Crippen LogP contribution in [0.2, 0.25) is 0 Å². The van der Waals surface area contributed by atoms with Crippen molar-refractivity contribution in [3.05, 3.63) is 92.0 Å². The molecule has 0 unspecified atom stereocenters. The minimum atomic E-state index is -4.36. The molecular formula is C27H29F3. The van der Waals surface area contributed by atoms with Crippen LogP contribution in [0.4, 0.5) is 13.2 Å². The van der Waals surface area contributed by atoms with Gasteiger partial charge in [0.15, 0.2) is 0 Å². The second kappa shape index (κ2) is 7.94. The van der Waals surface area contributed by atoms with Gasteiger partial charge in [-0.05, 0) is 116 Å². The predicted octanol–water partition coefficient (Wildman–Crippen LogP) is 8.12. The minimum absolute atomic E-state index is 0.279. The minimum Gasteiger partial charge on any atom is -0.166 e. The van der Waals surface area contributed by atoms with Crippen LogP contribution >= 0.6 is 0 Å². The van der Waals surface area contributed by atoms with E-state index in [4.69, 9.17) is 0 Å². The van der Waals surface area contributed by atoms with Gasteiger partial charge in [0.25, 0.3) is 0 Å². The van der Waals surface area contributed by atoms with Crippen molar-refractivity contribution < 1.29 is 13.2 Å². The van der Waals surface area contributed by atoms with E-state index in [2.05, 4.69) is 39.0 Å². The first-order chi connectivity index (χ1) is 13.9. The van der Waals surface area contributed by atoms with Crippen LogP contribution in [0, 0.1) is 48.5 Å². The van der Waals surface area contributed by atoms with Gasteiger partial charge in [-0.3, -0.25) is 0 Å². The van der Waals surface area contributed by atoms with E-state index in [9.17, 15) is 13.2 Å². The molecule has 0 spiro atoms. The van der Waals surface area contributed by atoms with Crippen molar-refractivity contribution in [2.24, 2.45) is 0 Å². The van der Waals surface area contributed by atoms with E-state index < -0.39 is 11.7 Å². The molecule has 0 heterocycles. The van der Waals surface area contributed by atoms with Crippen molar-refractivity contribution in [2.75, 3.05) is 0 Å². The molecule has 0 saturated carbocycles. The summed E-state index contributed by atoms with van der Waals surface area (Å²) in [5.74, 6) is 0. The van der Waals surface area contributed by atoms with Gasteiger partial charge >= 0.3 is 6.18 Å². The molecule has 3 rings (SSSR count). The molecule has 0 amide bonds. The van der Waals surface area contributed by atoms with Crippen LogP contribution in [0.3, 0.4) is 0 Å².